The average molecular weight is 394 g/mol. The fraction of sp³-hybridized carbons (Fsp3) is 0.444. The maximum absolute atomic E-state index is 11.8. The van der Waals surface area contributed by atoms with Gasteiger partial charge in [-0.05, 0) is 19.1 Å². The number of hydrogen-bond acceptors (Lipinski definition) is 4. The third kappa shape index (κ3) is 3.97. The minimum atomic E-state index is -2.90. The van der Waals surface area contributed by atoms with Gasteiger partial charge in [0.2, 0.25) is 4.77 Å². The van der Waals surface area contributed by atoms with Crippen LogP contribution in [0.4, 0.5) is 0 Å². The van der Waals surface area contributed by atoms with Crippen LogP contribution >= 0.6 is 12.2 Å². The highest BCUT2D eigenvalue weighted by atomic mass is 32.2. The van der Waals surface area contributed by atoms with Gasteiger partial charge in [0.05, 0.1) is 12.3 Å². The summed E-state index contributed by atoms with van der Waals surface area (Å²) >= 11 is 5.65. The predicted molar refractivity (Wildman–Crippen MR) is 105 cm³/mol. The van der Waals surface area contributed by atoms with Gasteiger partial charge in [0.1, 0.15) is 11.8 Å². The van der Waals surface area contributed by atoms with E-state index in [4.69, 9.17) is 17.3 Å². The Kier molecular flexibility index (Phi) is 5.74. The molecule has 140 valence electrons. The zero-order valence-corrected chi connectivity index (χ0v) is 16.6. The lowest BCUT2D eigenvalue weighted by molar-refractivity contribution is -0.943. The van der Waals surface area contributed by atoms with Crippen LogP contribution in [-0.4, -0.2) is 46.9 Å². The summed E-state index contributed by atoms with van der Waals surface area (Å²) < 4.78 is 28.1. The normalized spacial score (nSPS) is 20.1. The topological polar surface area (TPSA) is 61.3 Å². The van der Waals surface area contributed by atoms with Gasteiger partial charge in [0.15, 0.2) is 22.3 Å². The highest BCUT2D eigenvalue weighted by Crippen LogP contribution is 2.18. The van der Waals surface area contributed by atoms with Crippen LogP contribution in [-0.2, 0) is 23.1 Å². The number of nitrogens with zero attached hydrogens (tertiary/aromatic N) is 3. The van der Waals surface area contributed by atoms with Crippen molar-refractivity contribution in [3.63, 3.8) is 0 Å². The summed E-state index contributed by atoms with van der Waals surface area (Å²) in [5.74, 6) is 1.35. The smallest absolute Gasteiger partial charge is 0.203 e. The second kappa shape index (κ2) is 7.85. The van der Waals surface area contributed by atoms with Gasteiger partial charge in [-0.3, -0.25) is 4.57 Å². The first-order valence-corrected chi connectivity index (χ1v) is 11.1. The quantitative estimate of drug-likeness (QED) is 0.569. The third-order valence-corrected chi connectivity index (χ3v) is 7.08. The molecule has 1 N–H and O–H groups in total. The maximum atomic E-state index is 11.8. The molecule has 1 unspecified atom stereocenters. The zero-order valence-electron chi connectivity index (χ0n) is 15.0. The standard InChI is InChI=1S/C18H24N4O2S2/c1-3-11-21-17(15-8-6-5-7-9-15)19-22(18(21)25)14-20(4-2)16-10-12-26(23,24)13-16/h3,5-9,16H,1,4,10-14H2,2H3/p+1/t16-/m1/s1. The molecule has 1 aliphatic rings. The van der Waals surface area contributed by atoms with E-state index in [9.17, 15) is 8.42 Å². The number of benzene rings is 1. The zero-order chi connectivity index (χ0) is 18.7. The third-order valence-electron chi connectivity index (χ3n) is 4.88. The predicted octanol–water partition coefficient (Wildman–Crippen LogP) is 1.32. The van der Waals surface area contributed by atoms with Crippen molar-refractivity contribution in [1.82, 2.24) is 14.3 Å². The van der Waals surface area contributed by atoms with Crippen molar-refractivity contribution in [2.45, 2.75) is 32.6 Å². The first-order valence-electron chi connectivity index (χ1n) is 8.84. The van der Waals surface area contributed by atoms with E-state index in [1.165, 1.54) is 4.90 Å². The summed E-state index contributed by atoms with van der Waals surface area (Å²) in [4.78, 5) is 1.20. The molecule has 6 nitrogen and oxygen atoms in total. The summed E-state index contributed by atoms with van der Waals surface area (Å²) in [7, 11) is -2.90. The van der Waals surface area contributed by atoms with Crippen LogP contribution in [0.2, 0.25) is 0 Å². The minimum absolute atomic E-state index is 0.108. The molecule has 0 aliphatic carbocycles. The molecule has 2 heterocycles. The van der Waals surface area contributed by atoms with Gasteiger partial charge in [0.25, 0.3) is 0 Å². The first-order chi connectivity index (χ1) is 12.4. The van der Waals surface area contributed by atoms with Crippen LogP contribution in [0.25, 0.3) is 11.4 Å². The Morgan fingerprint density at radius 3 is 2.69 bits per heavy atom. The van der Waals surface area contributed by atoms with Gasteiger partial charge in [0, 0.05) is 18.5 Å². The van der Waals surface area contributed by atoms with E-state index in [2.05, 4.69) is 13.5 Å². The average Bonchev–Trinajstić information content (AvgIpc) is 3.14. The van der Waals surface area contributed by atoms with E-state index in [0.717, 1.165) is 17.9 Å². The highest BCUT2D eigenvalue weighted by Gasteiger charge is 2.35. The largest absolute Gasteiger partial charge is 0.313 e. The maximum Gasteiger partial charge on any atom is 0.203 e. The van der Waals surface area contributed by atoms with Crippen molar-refractivity contribution in [3.05, 3.63) is 47.8 Å². The van der Waals surface area contributed by atoms with Crippen LogP contribution in [0.3, 0.4) is 0 Å². The minimum Gasteiger partial charge on any atom is -0.313 e. The summed E-state index contributed by atoms with van der Waals surface area (Å²) in [6.07, 6.45) is 2.51. The lowest BCUT2D eigenvalue weighted by atomic mass is 10.2. The first kappa shape index (κ1) is 19.0. The van der Waals surface area contributed by atoms with Crippen molar-refractivity contribution >= 4 is 22.1 Å². The van der Waals surface area contributed by atoms with Gasteiger partial charge in [-0.25, -0.2) is 8.42 Å². The van der Waals surface area contributed by atoms with E-state index in [-0.39, 0.29) is 17.5 Å². The molecule has 3 rings (SSSR count). The number of quaternary nitrogens is 1. The molecule has 0 amide bonds. The molecule has 2 atom stereocenters. The molecule has 1 aromatic carbocycles. The second-order valence-corrected chi connectivity index (χ2v) is 9.23. The Labute approximate surface area is 159 Å². The van der Waals surface area contributed by atoms with Crippen molar-refractivity contribution in [3.8, 4) is 11.4 Å². The lowest BCUT2D eigenvalue weighted by Crippen LogP contribution is -3.15. The number of hydrogen-bond donors (Lipinski definition) is 1. The number of sulfone groups is 1. The lowest BCUT2D eigenvalue weighted by Gasteiger charge is -2.23. The molecule has 0 radical (unpaired) electrons. The van der Waals surface area contributed by atoms with Crippen molar-refractivity contribution in [2.75, 3.05) is 18.1 Å². The van der Waals surface area contributed by atoms with Gasteiger partial charge in [-0.1, -0.05) is 36.4 Å². The number of rotatable bonds is 7. The Bertz CT molecular complexity index is 932. The monoisotopic (exact) mass is 393 g/mol. The molecule has 1 saturated heterocycles. The SMILES string of the molecule is C=CCn1c(-c2ccccc2)nn(C[NH+](CC)[C@@H]2CCS(=O)(=O)C2)c1=S. The number of allylic oxidation sites excluding steroid dienone is 1. The Balaban J connectivity index is 1.92. The molecule has 0 bridgehead atoms. The van der Waals surface area contributed by atoms with Gasteiger partial charge < -0.3 is 4.90 Å². The van der Waals surface area contributed by atoms with Gasteiger partial charge in [-0.15, -0.1) is 11.7 Å². The molecule has 0 spiro atoms. The van der Waals surface area contributed by atoms with Gasteiger partial charge in [-0.2, -0.15) is 4.68 Å². The van der Waals surface area contributed by atoms with Crippen molar-refractivity contribution in [1.29, 1.82) is 0 Å². The van der Waals surface area contributed by atoms with E-state index >= 15 is 0 Å². The van der Waals surface area contributed by atoms with E-state index in [1.54, 1.807) is 0 Å². The van der Waals surface area contributed by atoms with E-state index < -0.39 is 9.84 Å². The summed E-state index contributed by atoms with van der Waals surface area (Å²) in [5.41, 5.74) is 1.00. The molecule has 26 heavy (non-hydrogen) atoms. The number of aromatic nitrogens is 3. The highest BCUT2D eigenvalue weighted by molar-refractivity contribution is 7.91. The molecule has 2 aromatic rings. The van der Waals surface area contributed by atoms with Crippen molar-refractivity contribution < 1.29 is 13.3 Å². The molecule has 8 heteroatoms. The molecular formula is C18H25N4O2S2+. The summed E-state index contributed by atoms with van der Waals surface area (Å²) in [5, 5.41) is 4.75. The van der Waals surface area contributed by atoms with E-state index in [0.29, 0.717) is 24.4 Å². The Morgan fingerprint density at radius 2 is 2.12 bits per heavy atom. The Morgan fingerprint density at radius 1 is 1.38 bits per heavy atom. The van der Waals surface area contributed by atoms with Crippen LogP contribution in [0, 0.1) is 4.77 Å². The Hall–Kier alpha value is -1.77. The molecule has 1 aromatic heterocycles. The fourth-order valence-corrected chi connectivity index (χ4v) is 5.57. The molecular weight excluding hydrogens is 368 g/mol. The van der Waals surface area contributed by atoms with Crippen LogP contribution in [0.1, 0.15) is 13.3 Å². The van der Waals surface area contributed by atoms with E-state index in [1.807, 2.05) is 45.7 Å². The van der Waals surface area contributed by atoms with Gasteiger partial charge >= 0.3 is 0 Å². The van der Waals surface area contributed by atoms with Crippen molar-refractivity contribution in [2.24, 2.45) is 0 Å². The molecule has 1 fully saturated rings. The van der Waals surface area contributed by atoms with Crippen LogP contribution < -0.4 is 4.90 Å². The number of nitrogens with one attached hydrogen (secondary N) is 1. The molecule has 1 aliphatic heterocycles. The fourth-order valence-electron chi connectivity index (χ4n) is 3.48. The van der Waals surface area contributed by atoms with Crippen LogP contribution in [0.15, 0.2) is 43.0 Å². The van der Waals surface area contributed by atoms with Crippen LogP contribution in [0.5, 0.6) is 0 Å². The summed E-state index contributed by atoms with van der Waals surface area (Å²) in [6.45, 7) is 7.88. The summed E-state index contributed by atoms with van der Waals surface area (Å²) in [6, 6.07) is 10.0. The second-order valence-electron chi connectivity index (χ2n) is 6.64. The molecule has 0 saturated carbocycles.